The van der Waals surface area contributed by atoms with E-state index in [1.165, 1.54) is 5.56 Å². The highest BCUT2D eigenvalue weighted by molar-refractivity contribution is 5.40. The summed E-state index contributed by atoms with van der Waals surface area (Å²) >= 11 is 0. The molecule has 2 aromatic carbocycles. The molecule has 1 atom stereocenters. The molecule has 0 aliphatic carbocycles. The average Bonchev–Trinajstić information content (AvgIpc) is 2.47. The van der Waals surface area contributed by atoms with Crippen LogP contribution in [0.25, 0.3) is 0 Å². The van der Waals surface area contributed by atoms with Crippen molar-refractivity contribution in [3.05, 3.63) is 58.7 Å². The van der Waals surface area contributed by atoms with Gasteiger partial charge < -0.3 is 15.2 Å². The van der Waals surface area contributed by atoms with Crippen molar-refractivity contribution in [3.63, 3.8) is 0 Å². The summed E-state index contributed by atoms with van der Waals surface area (Å²) in [5.41, 5.74) is 10.9. The number of hydrogen-bond donors (Lipinski definition) is 1. The van der Waals surface area contributed by atoms with Gasteiger partial charge in [0.05, 0.1) is 14.2 Å². The summed E-state index contributed by atoms with van der Waals surface area (Å²) in [6.07, 6.45) is 0.747. The normalized spacial score (nSPS) is 12.0. The predicted octanol–water partition coefficient (Wildman–Crippen LogP) is 3.56. The van der Waals surface area contributed by atoms with Crippen LogP contribution in [0.5, 0.6) is 11.5 Å². The molecule has 0 fully saturated rings. The second-order valence-electron chi connectivity index (χ2n) is 5.35. The van der Waals surface area contributed by atoms with Crippen LogP contribution in [0, 0.1) is 13.8 Å². The van der Waals surface area contributed by atoms with Gasteiger partial charge in [-0.15, -0.1) is 0 Å². The van der Waals surface area contributed by atoms with Gasteiger partial charge in [-0.05, 0) is 49.1 Å². The Balaban J connectivity index is 2.23. The second kappa shape index (κ2) is 6.64. The van der Waals surface area contributed by atoms with Crippen LogP contribution < -0.4 is 15.2 Å². The Morgan fingerprint density at radius 1 is 0.952 bits per heavy atom. The lowest BCUT2D eigenvalue weighted by Gasteiger charge is -2.16. The van der Waals surface area contributed by atoms with Crippen LogP contribution in [0.3, 0.4) is 0 Å². The first-order valence-corrected chi connectivity index (χ1v) is 7.08. The average molecular weight is 285 g/mol. The zero-order valence-electron chi connectivity index (χ0n) is 13.1. The Morgan fingerprint density at radius 2 is 1.62 bits per heavy atom. The van der Waals surface area contributed by atoms with E-state index in [2.05, 4.69) is 19.1 Å². The summed E-state index contributed by atoms with van der Waals surface area (Å²) in [7, 11) is 3.37. The maximum atomic E-state index is 6.36. The van der Waals surface area contributed by atoms with E-state index in [4.69, 9.17) is 15.2 Å². The largest absolute Gasteiger partial charge is 0.496 e. The zero-order chi connectivity index (χ0) is 15.4. The molecule has 0 radical (unpaired) electrons. The molecule has 0 aliphatic heterocycles. The molecule has 3 nitrogen and oxygen atoms in total. The first-order chi connectivity index (χ1) is 10.0. The van der Waals surface area contributed by atoms with Gasteiger partial charge in [-0.25, -0.2) is 0 Å². The van der Waals surface area contributed by atoms with E-state index in [1.807, 2.05) is 31.2 Å². The monoisotopic (exact) mass is 285 g/mol. The number of hydrogen-bond acceptors (Lipinski definition) is 3. The number of aryl methyl sites for hydroxylation is 2. The summed E-state index contributed by atoms with van der Waals surface area (Å²) in [5, 5.41) is 0. The molecule has 0 saturated carbocycles. The molecule has 1 unspecified atom stereocenters. The maximum absolute atomic E-state index is 6.36. The van der Waals surface area contributed by atoms with Crippen LogP contribution in [-0.4, -0.2) is 14.2 Å². The van der Waals surface area contributed by atoms with Crippen LogP contribution in [0.2, 0.25) is 0 Å². The molecule has 2 aromatic rings. The SMILES string of the molecule is COc1ccc(C(N)Cc2cc(C)ccc2OC)cc1C. The van der Waals surface area contributed by atoms with Crippen LogP contribution in [-0.2, 0) is 6.42 Å². The third-order valence-electron chi connectivity index (χ3n) is 3.72. The van der Waals surface area contributed by atoms with Gasteiger partial charge in [0.25, 0.3) is 0 Å². The van der Waals surface area contributed by atoms with Gasteiger partial charge in [0.2, 0.25) is 0 Å². The van der Waals surface area contributed by atoms with Crippen LogP contribution in [0.4, 0.5) is 0 Å². The van der Waals surface area contributed by atoms with E-state index in [1.54, 1.807) is 14.2 Å². The summed E-state index contributed by atoms with van der Waals surface area (Å²) < 4.78 is 10.7. The van der Waals surface area contributed by atoms with Gasteiger partial charge in [-0.2, -0.15) is 0 Å². The summed E-state index contributed by atoms with van der Waals surface area (Å²) in [5.74, 6) is 1.78. The van der Waals surface area contributed by atoms with E-state index in [9.17, 15) is 0 Å². The van der Waals surface area contributed by atoms with Gasteiger partial charge in [0, 0.05) is 6.04 Å². The lowest BCUT2D eigenvalue weighted by molar-refractivity contribution is 0.407. The highest BCUT2D eigenvalue weighted by Crippen LogP contribution is 2.27. The number of rotatable bonds is 5. The molecule has 0 bridgehead atoms. The summed E-state index contributed by atoms with van der Waals surface area (Å²) in [4.78, 5) is 0. The Hall–Kier alpha value is -2.00. The van der Waals surface area contributed by atoms with Crippen molar-refractivity contribution in [2.24, 2.45) is 5.73 Å². The molecule has 2 N–H and O–H groups in total. The smallest absolute Gasteiger partial charge is 0.122 e. The molecule has 0 saturated heterocycles. The minimum Gasteiger partial charge on any atom is -0.496 e. The molecule has 0 aliphatic rings. The number of benzene rings is 2. The highest BCUT2D eigenvalue weighted by atomic mass is 16.5. The zero-order valence-corrected chi connectivity index (χ0v) is 13.1. The Bertz CT molecular complexity index is 623. The van der Waals surface area contributed by atoms with Gasteiger partial charge in [0.15, 0.2) is 0 Å². The Morgan fingerprint density at radius 3 is 2.24 bits per heavy atom. The number of methoxy groups -OCH3 is 2. The molecule has 3 heteroatoms. The first kappa shape index (κ1) is 15.4. The van der Waals surface area contributed by atoms with Gasteiger partial charge >= 0.3 is 0 Å². The lowest BCUT2D eigenvalue weighted by Crippen LogP contribution is -2.14. The fraction of sp³-hybridized carbons (Fsp3) is 0.333. The quantitative estimate of drug-likeness (QED) is 0.913. The minimum atomic E-state index is -0.0645. The van der Waals surface area contributed by atoms with Crippen molar-refractivity contribution in [1.29, 1.82) is 0 Å². The predicted molar refractivity (Wildman–Crippen MR) is 86.1 cm³/mol. The second-order valence-corrected chi connectivity index (χ2v) is 5.35. The molecule has 112 valence electrons. The van der Waals surface area contributed by atoms with Crippen molar-refractivity contribution < 1.29 is 9.47 Å². The Labute approximate surface area is 126 Å². The van der Waals surface area contributed by atoms with E-state index in [-0.39, 0.29) is 6.04 Å². The topological polar surface area (TPSA) is 44.5 Å². The van der Waals surface area contributed by atoms with Crippen molar-refractivity contribution in [2.45, 2.75) is 26.3 Å². The van der Waals surface area contributed by atoms with Crippen LogP contribution in [0.15, 0.2) is 36.4 Å². The molecular formula is C18H23NO2. The van der Waals surface area contributed by atoms with E-state index < -0.39 is 0 Å². The minimum absolute atomic E-state index is 0.0645. The third kappa shape index (κ3) is 3.56. The molecule has 0 amide bonds. The number of ether oxygens (including phenoxy) is 2. The van der Waals surface area contributed by atoms with E-state index >= 15 is 0 Å². The van der Waals surface area contributed by atoms with Crippen molar-refractivity contribution in [1.82, 2.24) is 0 Å². The Kier molecular flexibility index (Phi) is 4.86. The lowest BCUT2D eigenvalue weighted by atomic mass is 9.96. The molecular weight excluding hydrogens is 262 g/mol. The summed E-state index contributed by atoms with van der Waals surface area (Å²) in [6.45, 7) is 4.11. The van der Waals surface area contributed by atoms with Crippen LogP contribution in [0.1, 0.15) is 28.3 Å². The summed E-state index contributed by atoms with van der Waals surface area (Å²) in [6, 6.07) is 12.2. The third-order valence-corrected chi connectivity index (χ3v) is 3.72. The first-order valence-electron chi connectivity index (χ1n) is 7.08. The fourth-order valence-corrected chi connectivity index (χ4v) is 2.55. The maximum Gasteiger partial charge on any atom is 0.122 e. The highest BCUT2D eigenvalue weighted by Gasteiger charge is 2.12. The van der Waals surface area contributed by atoms with Crippen molar-refractivity contribution >= 4 is 0 Å². The van der Waals surface area contributed by atoms with Crippen molar-refractivity contribution in [3.8, 4) is 11.5 Å². The molecule has 2 rings (SSSR count). The van der Waals surface area contributed by atoms with Crippen molar-refractivity contribution in [2.75, 3.05) is 14.2 Å². The van der Waals surface area contributed by atoms with Gasteiger partial charge in [-0.3, -0.25) is 0 Å². The fourth-order valence-electron chi connectivity index (χ4n) is 2.55. The van der Waals surface area contributed by atoms with Crippen LogP contribution >= 0.6 is 0 Å². The molecule has 0 spiro atoms. The van der Waals surface area contributed by atoms with Gasteiger partial charge in [-0.1, -0.05) is 29.8 Å². The molecule has 21 heavy (non-hydrogen) atoms. The standard InChI is InChI=1S/C18H23NO2/c1-12-5-7-18(21-4)15(9-12)11-16(19)14-6-8-17(20-3)13(2)10-14/h5-10,16H,11,19H2,1-4H3. The van der Waals surface area contributed by atoms with E-state index in [0.717, 1.165) is 34.6 Å². The van der Waals surface area contributed by atoms with Gasteiger partial charge in [0.1, 0.15) is 11.5 Å². The molecule has 0 heterocycles. The number of nitrogens with two attached hydrogens (primary N) is 1. The molecule has 0 aromatic heterocycles. The van der Waals surface area contributed by atoms with E-state index in [0.29, 0.717) is 0 Å².